The summed E-state index contributed by atoms with van der Waals surface area (Å²) >= 11 is 0. The summed E-state index contributed by atoms with van der Waals surface area (Å²) < 4.78 is 4.98. The number of fused-ring (bicyclic) bond motifs is 1. The second kappa shape index (κ2) is 6.80. The number of aryl methyl sites for hydroxylation is 1. The van der Waals surface area contributed by atoms with Crippen LogP contribution < -0.4 is 5.32 Å². The smallest absolute Gasteiger partial charge is 0.354 e. The summed E-state index contributed by atoms with van der Waals surface area (Å²) in [5, 5.41) is 4.12. The Morgan fingerprint density at radius 1 is 1.40 bits per heavy atom. The number of rotatable bonds is 6. The predicted octanol–water partition coefficient (Wildman–Crippen LogP) is 2.77. The third-order valence-electron chi connectivity index (χ3n) is 3.20. The summed E-state index contributed by atoms with van der Waals surface area (Å²) in [5.41, 5.74) is 2.92. The number of allylic oxidation sites excluding steroid dienone is 1. The molecule has 0 saturated heterocycles. The van der Waals surface area contributed by atoms with Gasteiger partial charge in [0.1, 0.15) is 5.70 Å². The van der Waals surface area contributed by atoms with Crippen LogP contribution in [0.1, 0.15) is 18.9 Å². The van der Waals surface area contributed by atoms with Crippen molar-refractivity contribution < 1.29 is 9.53 Å². The van der Waals surface area contributed by atoms with E-state index in [0.29, 0.717) is 12.3 Å². The number of ether oxygens (including phenoxy) is 1. The van der Waals surface area contributed by atoms with Gasteiger partial charge in [-0.15, -0.1) is 0 Å². The van der Waals surface area contributed by atoms with Crippen LogP contribution in [0.2, 0.25) is 0 Å². The van der Waals surface area contributed by atoms with Crippen LogP contribution in [0, 0.1) is 0 Å². The number of benzene rings is 1. The lowest BCUT2D eigenvalue weighted by Gasteiger charge is -2.05. The van der Waals surface area contributed by atoms with Crippen molar-refractivity contribution in [3.05, 3.63) is 47.8 Å². The van der Waals surface area contributed by atoms with Gasteiger partial charge in [-0.1, -0.05) is 24.3 Å². The summed E-state index contributed by atoms with van der Waals surface area (Å²) in [5.74, 6) is -0.297. The van der Waals surface area contributed by atoms with Crippen molar-refractivity contribution in [1.29, 1.82) is 0 Å². The molecular weight excluding hydrogens is 252 g/mol. The highest BCUT2D eigenvalue weighted by Gasteiger charge is 2.08. The molecule has 0 aliphatic rings. The predicted molar refractivity (Wildman–Crippen MR) is 80.4 cm³/mol. The van der Waals surface area contributed by atoms with E-state index in [2.05, 4.69) is 22.4 Å². The molecule has 0 fully saturated rings. The van der Waals surface area contributed by atoms with Gasteiger partial charge in [-0.3, -0.25) is 0 Å². The third kappa shape index (κ3) is 3.20. The Labute approximate surface area is 118 Å². The molecule has 1 aromatic carbocycles. The van der Waals surface area contributed by atoms with Gasteiger partial charge in [0.2, 0.25) is 0 Å². The molecule has 1 aromatic heterocycles. The quantitative estimate of drug-likeness (QED) is 0.628. The molecule has 0 aliphatic carbocycles. The van der Waals surface area contributed by atoms with E-state index in [1.165, 1.54) is 10.9 Å². The summed E-state index contributed by atoms with van der Waals surface area (Å²) in [6, 6.07) is 8.22. The van der Waals surface area contributed by atoms with Gasteiger partial charge in [-0.25, -0.2) is 4.79 Å². The largest absolute Gasteiger partial charge is 0.461 e. The van der Waals surface area contributed by atoms with E-state index < -0.39 is 0 Å². The number of H-pyrrole nitrogens is 1. The number of aromatic nitrogens is 1. The number of hydrogen-bond donors (Lipinski definition) is 2. The molecule has 2 aromatic rings. The van der Waals surface area contributed by atoms with Crippen LogP contribution in [0.3, 0.4) is 0 Å². The van der Waals surface area contributed by atoms with E-state index >= 15 is 0 Å². The molecule has 106 valence electrons. The van der Waals surface area contributed by atoms with Crippen molar-refractivity contribution >= 4 is 16.9 Å². The van der Waals surface area contributed by atoms with Gasteiger partial charge < -0.3 is 15.0 Å². The number of likely N-dealkylation sites (N-methyl/N-ethyl adjacent to an activating group) is 1. The number of aromatic amines is 1. The Morgan fingerprint density at radius 3 is 2.95 bits per heavy atom. The monoisotopic (exact) mass is 272 g/mol. The first-order valence-corrected chi connectivity index (χ1v) is 6.86. The molecule has 20 heavy (non-hydrogen) atoms. The lowest BCUT2D eigenvalue weighted by molar-refractivity contribution is -0.138. The zero-order chi connectivity index (χ0) is 14.4. The molecular formula is C16H20N2O2. The second-order valence-corrected chi connectivity index (χ2v) is 4.49. The van der Waals surface area contributed by atoms with Crippen LogP contribution in [0.25, 0.3) is 10.9 Å². The van der Waals surface area contributed by atoms with Gasteiger partial charge in [0.25, 0.3) is 0 Å². The van der Waals surface area contributed by atoms with Crippen LogP contribution in [0.4, 0.5) is 0 Å². The standard InChI is InChI=1S/C16H20N2O2/c1-3-20-16(19)15(17-2)10-6-7-12-11-18-14-9-5-4-8-13(12)14/h4-5,8-11,17-18H,3,6-7H2,1-2H3/b15-10-. The lowest BCUT2D eigenvalue weighted by Crippen LogP contribution is -2.18. The molecule has 0 radical (unpaired) electrons. The highest BCUT2D eigenvalue weighted by atomic mass is 16.5. The Kier molecular flexibility index (Phi) is 4.82. The second-order valence-electron chi connectivity index (χ2n) is 4.49. The van der Waals surface area contributed by atoms with Crippen LogP contribution in [0.5, 0.6) is 0 Å². The SMILES string of the molecule is CCOC(=O)/C(=C/CCc1c[nH]c2ccccc12)NC. The van der Waals surface area contributed by atoms with Crippen molar-refractivity contribution in [1.82, 2.24) is 10.3 Å². The van der Waals surface area contributed by atoms with Crippen LogP contribution in [-0.4, -0.2) is 24.6 Å². The maximum Gasteiger partial charge on any atom is 0.354 e. The number of para-hydroxylation sites is 1. The molecule has 0 unspecified atom stereocenters. The van der Waals surface area contributed by atoms with Crippen LogP contribution in [-0.2, 0) is 16.0 Å². The zero-order valence-electron chi connectivity index (χ0n) is 11.9. The minimum atomic E-state index is -0.297. The van der Waals surface area contributed by atoms with Crippen LogP contribution in [0.15, 0.2) is 42.2 Å². The molecule has 4 nitrogen and oxygen atoms in total. The molecule has 0 bridgehead atoms. The minimum absolute atomic E-state index is 0.297. The summed E-state index contributed by atoms with van der Waals surface area (Å²) in [6.07, 6.45) is 5.59. The van der Waals surface area contributed by atoms with E-state index in [1.54, 1.807) is 14.0 Å². The summed E-state index contributed by atoms with van der Waals surface area (Å²) in [6.45, 7) is 2.19. The highest BCUT2D eigenvalue weighted by Crippen LogP contribution is 2.19. The first-order chi connectivity index (χ1) is 9.76. The van der Waals surface area contributed by atoms with Gasteiger partial charge in [0.05, 0.1) is 6.61 Å². The normalized spacial score (nSPS) is 11.6. The van der Waals surface area contributed by atoms with Gasteiger partial charge in [-0.2, -0.15) is 0 Å². The lowest BCUT2D eigenvalue weighted by atomic mass is 10.1. The number of esters is 1. The zero-order valence-corrected chi connectivity index (χ0v) is 11.9. The molecule has 2 rings (SSSR count). The molecule has 0 atom stereocenters. The number of carbonyl (C=O) groups is 1. The maximum absolute atomic E-state index is 11.6. The summed E-state index contributed by atoms with van der Waals surface area (Å²) in [7, 11) is 1.73. The van der Waals surface area contributed by atoms with Crippen LogP contribution >= 0.6 is 0 Å². The molecule has 4 heteroatoms. The average Bonchev–Trinajstić information content (AvgIpc) is 2.87. The minimum Gasteiger partial charge on any atom is -0.461 e. The molecule has 0 spiro atoms. The topological polar surface area (TPSA) is 54.1 Å². The molecule has 1 heterocycles. The van der Waals surface area contributed by atoms with Crippen molar-refractivity contribution in [2.45, 2.75) is 19.8 Å². The van der Waals surface area contributed by atoms with E-state index in [1.807, 2.05) is 24.4 Å². The van der Waals surface area contributed by atoms with Crippen molar-refractivity contribution in [3.8, 4) is 0 Å². The fourth-order valence-electron chi connectivity index (χ4n) is 2.21. The molecule has 2 N–H and O–H groups in total. The summed E-state index contributed by atoms with van der Waals surface area (Å²) in [4.78, 5) is 14.9. The fourth-order valence-corrected chi connectivity index (χ4v) is 2.21. The Bertz CT molecular complexity index is 614. The Morgan fingerprint density at radius 2 is 2.20 bits per heavy atom. The highest BCUT2D eigenvalue weighted by molar-refractivity contribution is 5.87. The Hall–Kier alpha value is -2.23. The van der Waals surface area contributed by atoms with Gasteiger partial charge in [-0.05, 0) is 31.4 Å². The third-order valence-corrected chi connectivity index (χ3v) is 3.20. The van der Waals surface area contributed by atoms with E-state index in [-0.39, 0.29) is 5.97 Å². The van der Waals surface area contributed by atoms with E-state index in [4.69, 9.17) is 4.74 Å². The van der Waals surface area contributed by atoms with Crippen molar-refractivity contribution in [3.63, 3.8) is 0 Å². The number of hydrogen-bond acceptors (Lipinski definition) is 3. The Balaban J connectivity index is 2.02. The molecule has 0 aliphatic heterocycles. The molecule has 0 amide bonds. The molecule has 0 saturated carbocycles. The van der Waals surface area contributed by atoms with Crippen molar-refractivity contribution in [2.75, 3.05) is 13.7 Å². The number of carbonyl (C=O) groups excluding carboxylic acids is 1. The van der Waals surface area contributed by atoms with E-state index in [0.717, 1.165) is 18.4 Å². The van der Waals surface area contributed by atoms with Gasteiger partial charge in [0.15, 0.2) is 0 Å². The van der Waals surface area contributed by atoms with Gasteiger partial charge >= 0.3 is 5.97 Å². The fraction of sp³-hybridized carbons (Fsp3) is 0.312. The van der Waals surface area contributed by atoms with Crippen molar-refractivity contribution in [2.24, 2.45) is 0 Å². The maximum atomic E-state index is 11.6. The average molecular weight is 272 g/mol. The first-order valence-electron chi connectivity index (χ1n) is 6.86. The first kappa shape index (κ1) is 14.2. The van der Waals surface area contributed by atoms with E-state index in [9.17, 15) is 4.79 Å². The van der Waals surface area contributed by atoms with Gasteiger partial charge in [0, 0.05) is 24.1 Å². The number of nitrogens with one attached hydrogen (secondary N) is 2.